The largest absolute Gasteiger partial charge is 0.416 e. The molecule has 0 radical (unpaired) electrons. The van der Waals surface area contributed by atoms with Gasteiger partial charge in [0.25, 0.3) is 0 Å². The number of halogens is 3. The van der Waals surface area contributed by atoms with Gasteiger partial charge in [0.05, 0.1) is 22.9 Å². The first kappa shape index (κ1) is 20.5. The highest BCUT2D eigenvalue weighted by molar-refractivity contribution is 7.92. The van der Waals surface area contributed by atoms with Crippen molar-refractivity contribution in [3.63, 3.8) is 0 Å². The molecule has 2 rings (SSSR count). The van der Waals surface area contributed by atoms with Gasteiger partial charge in [0.15, 0.2) is 9.84 Å². The van der Waals surface area contributed by atoms with Crippen molar-refractivity contribution in [1.29, 1.82) is 5.26 Å². The molecule has 0 N–H and O–H groups in total. The zero-order valence-corrected chi connectivity index (χ0v) is 14.8. The molecule has 0 unspecified atom stereocenters. The number of amides is 1. The summed E-state index contributed by atoms with van der Waals surface area (Å²) in [6.07, 6.45) is -4.72. The van der Waals surface area contributed by atoms with Crippen LogP contribution in [0.4, 0.5) is 18.9 Å². The second kappa shape index (κ2) is 8.22. The Morgan fingerprint density at radius 1 is 1.07 bits per heavy atom. The van der Waals surface area contributed by atoms with Crippen molar-refractivity contribution in [3.8, 4) is 6.07 Å². The van der Waals surface area contributed by atoms with Gasteiger partial charge in [-0.15, -0.1) is 0 Å². The number of alkyl halides is 3. The first-order valence-corrected chi connectivity index (χ1v) is 9.43. The zero-order chi connectivity index (χ0) is 20.1. The van der Waals surface area contributed by atoms with Gasteiger partial charge in [0, 0.05) is 12.2 Å². The fourth-order valence-electron chi connectivity index (χ4n) is 2.36. The van der Waals surface area contributed by atoms with E-state index >= 15 is 0 Å². The smallest absolute Gasteiger partial charge is 0.311 e. The number of para-hydroxylation sites is 1. The molecule has 2 aromatic rings. The summed E-state index contributed by atoms with van der Waals surface area (Å²) in [5, 5.41) is 8.75. The van der Waals surface area contributed by atoms with E-state index in [1.54, 1.807) is 30.3 Å². The van der Waals surface area contributed by atoms with Crippen LogP contribution in [0.25, 0.3) is 0 Å². The minimum atomic E-state index is -4.70. The fourth-order valence-corrected chi connectivity index (χ4v) is 3.60. The lowest BCUT2D eigenvalue weighted by Gasteiger charge is -2.21. The number of carbonyl (C=O) groups excluding carboxylic acids is 1. The number of nitriles is 1. The summed E-state index contributed by atoms with van der Waals surface area (Å²) < 4.78 is 63.3. The minimum Gasteiger partial charge on any atom is -0.311 e. The zero-order valence-electron chi connectivity index (χ0n) is 14.0. The summed E-state index contributed by atoms with van der Waals surface area (Å²) in [6, 6.07) is 13.3. The Bertz CT molecular complexity index is 952. The molecule has 9 heteroatoms. The summed E-state index contributed by atoms with van der Waals surface area (Å²) in [5.41, 5.74) is -0.711. The Morgan fingerprint density at radius 2 is 1.74 bits per heavy atom. The highest BCUT2D eigenvalue weighted by Crippen LogP contribution is 2.30. The summed E-state index contributed by atoms with van der Waals surface area (Å²) >= 11 is 0. The number of carbonyl (C=O) groups is 1. The average Bonchev–Trinajstić information content (AvgIpc) is 2.62. The summed E-state index contributed by atoms with van der Waals surface area (Å²) in [4.78, 5) is 13.1. The fraction of sp³-hybridized carbons (Fsp3) is 0.222. The quantitative estimate of drug-likeness (QED) is 0.750. The molecule has 0 aliphatic rings. The molecule has 1 amide bonds. The second-order valence-corrected chi connectivity index (χ2v) is 7.56. The van der Waals surface area contributed by atoms with Gasteiger partial charge in [-0.25, -0.2) is 8.42 Å². The van der Waals surface area contributed by atoms with Crippen LogP contribution in [0.2, 0.25) is 0 Å². The summed E-state index contributed by atoms with van der Waals surface area (Å²) in [5.74, 6) is -1.83. The highest BCUT2D eigenvalue weighted by Gasteiger charge is 2.32. The van der Waals surface area contributed by atoms with Gasteiger partial charge in [0.2, 0.25) is 5.91 Å². The van der Waals surface area contributed by atoms with Crippen molar-refractivity contribution in [1.82, 2.24) is 0 Å². The van der Waals surface area contributed by atoms with Crippen LogP contribution < -0.4 is 4.90 Å². The number of nitrogens with zero attached hydrogens (tertiary/aromatic N) is 2. The molecule has 0 fully saturated rings. The lowest BCUT2D eigenvalue weighted by atomic mass is 10.2. The molecule has 0 atom stereocenters. The van der Waals surface area contributed by atoms with Crippen LogP contribution in [0.3, 0.4) is 0 Å². The molecule has 0 saturated carbocycles. The number of anilines is 1. The predicted octanol–water partition coefficient (Wildman–Crippen LogP) is 3.43. The van der Waals surface area contributed by atoms with Crippen molar-refractivity contribution < 1.29 is 26.4 Å². The molecule has 0 aliphatic heterocycles. The number of rotatable bonds is 6. The monoisotopic (exact) mass is 396 g/mol. The molecule has 27 heavy (non-hydrogen) atoms. The molecule has 0 aromatic heterocycles. The van der Waals surface area contributed by atoms with Crippen molar-refractivity contribution in [2.45, 2.75) is 17.5 Å². The Labute approximate surface area is 154 Å². The Kier molecular flexibility index (Phi) is 6.23. The van der Waals surface area contributed by atoms with E-state index in [0.717, 1.165) is 23.1 Å². The van der Waals surface area contributed by atoms with Gasteiger partial charge in [-0.1, -0.05) is 24.3 Å². The third kappa shape index (κ3) is 5.31. The maximum Gasteiger partial charge on any atom is 0.416 e. The predicted molar refractivity (Wildman–Crippen MR) is 92.5 cm³/mol. The van der Waals surface area contributed by atoms with Gasteiger partial charge >= 0.3 is 6.18 Å². The van der Waals surface area contributed by atoms with Gasteiger partial charge in [0.1, 0.15) is 5.75 Å². The van der Waals surface area contributed by atoms with Gasteiger partial charge < -0.3 is 4.90 Å². The average molecular weight is 396 g/mol. The first-order valence-electron chi connectivity index (χ1n) is 7.77. The van der Waals surface area contributed by atoms with E-state index in [1.807, 2.05) is 6.07 Å². The van der Waals surface area contributed by atoms with E-state index in [2.05, 4.69) is 0 Å². The molecule has 5 nitrogen and oxygen atoms in total. The molecule has 0 aliphatic carbocycles. The standard InChI is InChI=1S/C18H15F3N2O3S/c19-18(20,21)14-6-4-9-16(12-14)27(25,26)13-17(24)23(11-5-10-22)15-7-2-1-3-8-15/h1-4,6-9,12H,5,11,13H2. The maximum absolute atomic E-state index is 12.8. The van der Waals surface area contributed by atoms with Crippen LogP contribution in [0.15, 0.2) is 59.5 Å². The van der Waals surface area contributed by atoms with Crippen molar-refractivity contribution in [3.05, 3.63) is 60.2 Å². The van der Waals surface area contributed by atoms with Crippen molar-refractivity contribution in [2.24, 2.45) is 0 Å². The van der Waals surface area contributed by atoms with Crippen LogP contribution >= 0.6 is 0 Å². The normalized spacial score (nSPS) is 11.6. The maximum atomic E-state index is 12.8. The molecular weight excluding hydrogens is 381 g/mol. The second-order valence-electron chi connectivity index (χ2n) is 5.57. The molecule has 0 heterocycles. The Hall–Kier alpha value is -2.86. The number of sulfone groups is 1. The van der Waals surface area contributed by atoms with Gasteiger partial charge in [-0.05, 0) is 30.3 Å². The van der Waals surface area contributed by atoms with E-state index in [0.29, 0.717) is 11.8 Å². The number of hydrogen-bond donors (Lipinski definition) is 0. The molecule has 0 saturated heterocycles. The van der Waals surface area contributed by atoms with E-state index in [9.17, 15) is 26.4 Å². The van der Waals surface area contributed by atoms with E-state index in [4.69, 9.17) is 5.26 Å². The lowest BCUT2D eigenvalue weighted by molar-refractivity contribution is -0.137. The lowest BCUT2D eigenvalue weighted by Crippen LogP contribution is -2.36. The third-order valence-corrected chi connectivity index (χ3v) is 5.25. The molecular formula is C18H15F3N2O3S. The summed E-state index contributed by atoms with van der Waals surface area (Å²) in [7, 11) is -4.29. The first-order chi connectivity index (χ1) is 12.6. The highest BCUT2D eigenvalue weighted by atomic mass is 32.2. The number of benzene rings is 2. The van der Waals surface area contributed by atoms with E-state index in [-0.39, 0.29) is 13.0 Å². The van der Waals surface area contributed by atoms with Crippen LogP contribution in [-0.4, -0.2) is 26.6 Å². The molecule has 142 valence electrons. The topological polar surface area (TPSA) is 78.2 Å². The minimum absolute atomic E-state index is 0.0236. The third-order valence-electron chi connectivity index (χ3n) is 3.65. The van der Waals surface area contributed by atoms with Crippen LogP contribution in [0, 0.1) is 11.3 Å². The van der Waals surface area contributed by atoms with E-state index in [1.165, 1.54) is 0 Å². The van der Waals surface area contributed by atoms with Crippen molar-refractivity contribution in [2.75, 3.05) is 17.2 Å². The van der Waals surface area contributed by atoms with Gasteiger partial charge in [-0.2, -0.15) is 18.4 Å². The van der Waals surface area contributed by atoms with Crippen molar-refractivity contribution >= 4 is 21.4 Å². The van der Waals surface area contributed by atoms with Gasteiger partial charge in [-0.3, -0.25) is 4.79 Å². The Balaban J connectivity index is 2.30. The van der Waals surface area contributed by atoms with Crippen LogP contribution in [0.5, 0.6) is 0 Å². The molecule has 2 aromatic carbocycles. The molecule has 0 bridgehead atoms. The Morgan fingerprint density at radius 3 is 2.33 bits per heavy atom. The van der Waals surface area contributed by atoms with Crippen LogP contribution in [-0.2, 0) is 20.8 Å². The summed E-state index contributed by atoms with van der Waals surface area (Å²) in [6.45, 7) is -0.0303. The van der Waals surface area contributed by atoms with Crippen LogP contribution in [0.1, 0.15) is 12.0 Å². The van der Waals surface area contributed by atoms with E-state index < -0.39 is 38.1 Å². The number of hydrogen-bond acceptors (Lipinski definition) is 4. The molecule has 0 spiro atoms. The SMILES string of the molecule is N#CCCN(C(=O)CS(=O)(=O)c1cccc(C(F)(F)F)c1)c1ccccc1.